The molecule has 2 aromatic carbocycles. The maximum Gasteiger partial charge on any atom is 0.405 e. The number of amides is 2. The van der Waals surface area contributed by atoms with Crippen LogP contribution < -0.4 is 15.4 Å². The Morgan fingerprint density at radius 2 is 1.56 bits per heavy atom. The lowest BCUT2D eigenvalue weighted by molar-refractivity contribution is -0.138. The summed E-state index contributed by atoms with van der Waals surface area (Å²) in [4.78, 5) is 23.3. The van der Waals surface area contributed by atoms with E-state index in [9.17, 15) is 27.2 Å². The number of ether oxygens (including phenoxy) is 1. The Labute approximate surface area is 152 Å². The van der Waals surface area contributed by atoms with Crippen molar-refractivity contribution in [2.75, 3.05) is 18.5 Å². The van der Waals surface area contributed by atoms with Crippen molar-refractivity contribution in [1.29, 1.82) is 0 Å². The molecular formula is C18H16F4N2O3. The molecule has 0 spiro atoms. The number of carbonyl (C=O) groups is 2. The van der Waals surface area contributed by atoms with Crippen molar-refractivity contribution in [3.8, 4) is 5.75 Å². The monoisotopic (exact) mass is 384 g/mol. The summed E-state index contributed by atoms with van der Waals surface area (Å²) in [6.07, 6.45) is -4.67. The predicted molar refractivity (Wildman–Crippen MR) is 89.7 cm³/mol. The molecule has 9 heteroatoms. The normalized spacial score (nSPS) is 11.0. The Morgan fingerprint density at radius 1 is 0.926 bits per heavy atom. The van der Waals surface area contributed by atoms with Crippen LogP contribution in [0.25, 0.3) is 0 Å². The maximum atomic E-state index is 12.8. The fourth-order valence-electron chi connectivity index (χ4n) is 2.03. The largest absolute Gasteiger partial charge is 0.484 e. The van der Waals surface area contributed by atoms with Crippen LogP contribution in [0.3, 0.4) is 0 Å². The fourth-order valence-corrected chi connectivity index (χ4v) is 2.03. The van der Waals surface area contributed by atoms with E-state index in [1.165, 1.54) is 48.5 Å². The average Bonchev–Trinajstić information content (AvgIpc) is 2.61. The molecule has 0 atom stereocenters. The molecule has 5 nitrogen and oxygen atoms in total. The molecule has 2 rings (SSSR count). The molecule has 0 aliphatic heterocycles. The van der Waals surface area contributed by atoms with Gasteiger partial charge in [-0.3, -0.25) is 9.59 Å². The van der Waals surface area contributed by atoms with Gasteiger partial charge in [-0.15, -0.1) is 0 Å². The highest BCUT2D eigenvalue weighted by molar-refractivity contribution is 5.92. The third-order valence-corrected chi connectivity index (χ3v) is 3.27. The van der Waals surface area contributed by atoms with Crippen molar-refractivity contribution in [3.05, 3.63) is 59.9 Å². The van der Waals surface area contributed by atoms with Gasteiger partial charge in [0.05, 0.1) is 6.42 Å². The van der Waals surface area contributed by atoms with Gasteiger partial charge >= 0.3 is 6.18 Å². The Bertz CT molecular complexity index is 775. The zero-order valence-corrected chi connectivity index (χ0v) is 14.0. The lowest BCUT2D eigenvalue weighted by atomic mass is 10.1. The van der Waals surface area contributed by atoms with Crippen molar-refractivity contribution in [1.82, 2.24) is 5.32 Å². The van der Waals surface area contributed by atoms with Crippen LogP contribution in [0.5, 0.6) is 5.75 Å². The minimum atomic E-state index is -4.46. The standard InChI is InChI=1S/C18H16F4N2O3/c19-13-3-7-15(8-4-13)27-10-17(26)24-14-5-1-12(2-6-14)9-16(25)23-11-18(20,21)22/h1-8H,9-11H2,(H,23,25)(H,24,26). The second-order valence-electron chi connectivity index (χ2n) is 5.56. The predicted octanol–water partition coefficient (Wildman–Crippen LogP) is 3.06. The molecule has 2 aromatic rings. The highest BCUT2D eigenvalue weighted by Gasteiger charge is 2.27. The summed E-state index contributed by atoms with van der Waals surface area (Å²) >= 11 is 0. The highest BCUT2D eigenvalue weighted by atomic mass is 19.4. The van der Waals surface area contributed by atoms with Gasteiger partial charge in [0, 0.05) is 5.69 Å². The van der Waals surface area contributed by atoms with E-state index in [1.807, 2.05) is 0 Å². The van der Waals surface area contributed by atoms with Gasteiger partial charge in [-0.05, 0) is 42.0 Å². The van der Waals surface area contributed by atoms with E-state index in [-0.39, 0.29) is 13.0 Å². The third kappa shape index (κ3) is 7.76. The number of alkyl halides is 3. The Morgan fingerprint density at radius 3 is 2.15 bits per heavy atom. The highest BCUT2D eigenvalue weighted by Crippen LogP contribution is 2.14. The zero-order valence-electron chi connectivity index (χ0n) is 14.0. The summed E-state index contributed by atoms with van der Waals surface area (Å²) in [5.74, 6) is -1.28. The van der Waals surface area contributed by atoms with E-state index < -0.39 is 30.4 Å². The number of rotatable bonds is 7. The first-order valence-corrected chi connectivity index (χ1v) is 7.82. The van der Waals surface area contributed by atoms with Crippen molar-refractivity contribution in [2.45, 2.75) is 12.6 Å². The summed E-state index contributed by atoms with van der Waals surface area (Å²) in [5.41, 5.74) is 0.928. The van der Waals surface area contributed by atoms with Crippen LogP contribution in [0.4, 0.5) is 23.2 Å². The van der Waals surface area contributed by atoms with Crippen molar-refractivity contribution in [3.63, 3.8) is 0 Å². The van der Waals surface area contributed by atoms with Crippen molar-refractivity contribution in [2.24, 2.45) is 0 Å². The molecule has 0 heterocycles. The number of benzene rings is 2. The average molecular weight is 384 g/mol. The number of halogens is 4. The molecular weight excluding hydrogens is 368 g/mol. The van der Waals surface area contributed by atoms with Crippen LogP contribution in [-0.2, 0) is 16.0 Å². The first-order valence-electron chi connectivity index (χ1n) is 7.82. The lowest BCUT2D eigenvalue weighted by Crippen LogP contribution is -2.34. The minimum Gasteiger partial charge on any atom is -0.484 e. The third-order valence-electron chi connectivity index (χ3n) is 3.27. The number of nitrogens with one attached hydrogen (secondary N) is 2. The van der Waals surface area contributed by atoms with Gasteiger partial charge in [-0.25, -0.2) is 4.39 Å². The molecule has 2 N–H and O–H groups in total. The van der Waals surface area contributed by atoms with Gasteiger partial charge in [0.2, 0.25) is 5.91 Å². The molecule has 0 saturated carbocycles. The number of hydrogen-bond acceptors (Lipinski definition) is 3. The van der Waals surface area contributed by atoms with Gasteiger partial charge in [-0.2, -0.15) is 13.2 Å². The summed E-state index contributed by atoms with van der Waals surface area (Å²) in [6, 6.07) is 11.3. The molecule has 0 bridgehead atoms. The fraction of sp³-hybridized carbons (Fsp3) is 0.222. The Balaban J connectivity index is 1.78. The molecule has 0 aromatic heterocycles. The lowest BCUT2D eigenvalue weighted by Gasteiger charge is -2.09. The second-order valence-corrected chi connectivity index (χ2v) is 5.56. The first-order chi connectivity index (χ1) is 12.7. The summed E-state index contributed by atoms with van der Waals surface area (Å²) < 4.78 is 54.1. The summed E-state index contributed by atoms with van der Waals surface area (Å²) in [5, 5.41) is 4.34. The van der Waals surface area contributed by atoms with Crippen molar-refractivity contribution < 1.29 is 31.9 Å². The molecule has 144 valence electrons. The van der Waals surface area contributed by atoms with Crippen LogP contribution in [0.15, 0.2) is 48.5 Å². The molecule has 0 unspecified atom stereocenters. The van der Waals surface area contributed by atoms with E-state index in [0.29, 0.717) is 17.0 Å². The van der Waals surface area contributed by atoms with Crippen LogP contribution >= 0.6 is 0 Å². The number of carbonyl (C=O) groups excluding carboxylic acids is 2. The number of hydrogen-bond donors (Lipinski definition) is 2. The molecule has 0 fully saturated rings. The Hall–Kier alpha value is -3.10. The molecule has 27 heavy (non-hydrogen) atoms. The smallest absolute Gasteiger partial charge is 0.405 e. The summed E-state index contributed by atoms with van der Waals surface area (Å²) in [7, 11) is 0. The SMILES string of the molecule is O=C(Cc1ccc(NC(=O)COc2ccc(F)cc2)cc1)NCC(F)(F)F. The van der Waals surface area contributed by atoms with E-state index >= 15 is 0 Å². The molecule has 0 saturated heterocycles. The van der Waals surface area contributed by atoms with E-state index in [0.717, 1.165) is 0 Å². The molecule has 0 aliphatic rings. The van der Waals surface area contributed by atoms with Crippen LogP contribution in [0, 0.1) is 5.82 Å². The Kier molecular flexibility index (Phi) is 6.75. The van der Waals surface area contributed by atoms with Gasteiger partial charge in [0.25, 0.3) is 5.91 Å². The van der Waals surface area contributed by atoms with Crippen LogP contribution in [0.2, 0.25) is 0 Å². The first kappa shape index (κ1) is 20.2. The van der Waals surface area contributed by atoms with Crippen molar-refractivity contribution >= 4 is 17.5 Å². The van der Waals surface area contributed by atoms with Gasteiger partial charge in [0.15, 0.2) is 6.61 Å². The van der Waals surface area contributed by atoms with E-state index in [1.54, 1.807) is 5.32 Å². The van der Waals surface area contributed by atoms with Gasteiger partial charge < -0.3 is 15.4 Å². The second kappa shape index (κ2) is 9.02. The minimum absolute atomic E-state index is 0.210. The molecule has 0 aliphatic carbocycles. The summed E-state index contributed by atoms with van der Waals surface area (Å²) in [6.45, 7) is -1.67. The van der Waals surface area contributed by atoms with Crippen LogP contribution in [0.1, 0.15) is 5.56 Å². The van der Waals surface area contributed by atoms with Crippen LogP contribution in [-0.4, -0.2) is 31.1 Å². The van der Waals surface area contributed by atoms with E-state index in [2.05, 4.69) is 5.32 Å². The number of anilines is 1. The molecule has 2 amide bonds. The van der Waals surface area contributed by atoms with Gasteiger partial charge in [0.1, 0.15) is 18.1 Å². The zero-order chi connectivity index (χ0) is 19.9. The molecule has 0 radical (unpaired) electrons. The van der Waals surface area contributed by atoms with E-state index in [4.69, 9.17) is 4.74 Å². The van der Waals surface area contributed by atoms with Gasteiger partial charge in [-0.1, -0.05) is 12.1 Å². The maximum absolute atomic E-state index is 12.8. The quantitative estimate of drug-likeness (QED) is 0.721. The topological polar surface area (TPSA) is 67.4 Å².